The van der Waals surface area contributed by atoms with Crippen molar-refractivity contribution in [1.82, 2.24) is 0 Å². The Labute approximate surface area is 232 Å². The average molecular weight is 542 g/mol. The van der Waals surface area contributed by atoms with Gasteiger partial charge in [-0.3, -0.25) is 0 Å². The van der Waals surface area contributed by atoms with Crippen LogP contribution in [0.2, 0.25) is 0 Å². The molecule has 5 aliphatic carbocycles. The Morgan fingerprint density at radius 1 is 0.528 bits per heavy atom. The molecule has 0 aromatic carbocycles. The summed E-state index contributed by atoms with van der Waals surface area (Å²) < 4.78 is 11.6. The van der Waals surface area contributed by atoms with E-state index in [9.17, 15) is 0 Å². The van der Waals surface area contributed by atoms with Gasteiger partial charge in [-0.15, -0.1) is 23.2 Å². The van der Waals surface area contributed by atoms with Gasteiger partial charge in [-0.05, 0) is 146 Å². The number of rotatable bonds is 8. The molecule has 2 spiro atoms. The Morgan fingerprint density at radius 3 is 1.17 bits per heavy atom. The van der Waals surface area contributed by atoms with Crippen LogP contribution in [0.5, 0.6) is 0 Å². The molecule has 0 aromatic rings. The van der Waals surface area contributed by atoms with Crippen molar-refractivity contribution in [2.75, 3.05) is 13.2 Å². The Morgan fingerprint density at radius 2 is 0.861 bits per heavy atom. The van der Waals surface area contributed by atoms with Crippen molar-refractivity contribution in [3.63, 3.8) is 0 Å². The molecule has 0 aliphatic heterocycles. The van der Waals surface area contributed by atoms with Crippen molar-refractivity contribution in [2.45, 2.75) is 152 Å². The molecule has 0 bridgehead atoms. The molecule has 208 valence electrons. The SMILES string of the molecule is CCCO[C@H]1CC[C@H](C2CCC3(CC2)CC2(CCC([C@H]4CC[C@H](OCCC)CC4)CC2)C3(Cl)Cl)CC1. The van der Waals surface area contributed by atoms with Gasteiger partial charge < -0.3 is 9.47 Å². The molecule has 4 heteroatoms. The van der Waals surface area contributed by atoms with Gasteiger partial charge in [0.2, 0.25) is 0 Å². The van der Waals surface area contributed by atoms with Crippen LogP contribution in [0.3, 0.4) is 0 Å². The predicted molar refractivity (Wildman–Crippen MR) is 152 cm³/mol. The zero-order valence-electron chi connectivity index (χ0n) is 23.4. The van der Waals surface area contributed by atoms with Crippen LogP contribution in [0.4, 0.5) is 0 Å². The first-order chi connectivity index (χ1) is 17.4. The second kappa shape index (κ2) is 11.9. The maximum atomic E-state index is 7.41. The predicted octanol–water partition coefficient (Wildman–Crippen LogP) is 9.89. The van der Waals surface area contributed by atoms with E-state index in [0.29, 0.717) is 12.2 Å². The summed E-state index contributed by atoms with van der Waals surface area (Å²) >= 11 is 14.8. The molecule has 0 heterocycles. The van der Waals surface area contributed by atoms with Gasteiger partial charge in [0.25, 0.3) is 0 Å². The van der Waals surface area contributed by atoms with E-state index in [0.717, 1.165) is 49.7 Å². The highest BCUT2D eigenvalue weighted by Gasteiger charge is 2.72. The van der Waals surface area contributed by atoms with E-state index in [4.69, 9.17) is 32.7 Å². The summed E-state index contributed by atoms with van der Waals surface area (Å²) in [5.74, 6) is 3.62. The highest BCUT2D eigenvalue weighted by molar-refractivity contribution is 6.50. The van der Waals surface area contributed by atoms with Crippen LogP contribution >= 0.6 is 23.2 Å². The lowest BCUT2D eigenvalue weighted by Crippen LogP contribution is -2.66. The van der Waals surface area contributed by atoms with Gasteiger partial charge in [0, 0.05) is 24.0 Å². The lowest BCUT2D eigenvalue weighted by atomic mass is 9.42. The number of ether oxygens (including phenoxy) is 2. The third-order valence-electron chi connectivity index (χ3n) is 11.9. The molecule has 36 heavy (non-hydrogen) atoms. The summed E-state index contributed by atoms with van der Waals surface area (Å²) in [6.07, 6.45) is 25.7. The molecule has 0 N–H and O–H groups in total. The van der Waals surface area contributed by atoms with Gasteiger partial charge in [-0.25, -0.2) is 0 Å². The van der Waals surface area contributed by atoms with Crippen molar-refractivity contribution in [1.29, 1.82) is 0 Å². The van der Waals surface area contributed by atoms with E-state index in [2.05, 4.69) is 13.8 Å². The van der Waals surface area contributed by atoms with Gasteiger partial charge in [0.1, 0.15) is 4.33 Å². The molecule has 5 aliphatic rings. The summed E-state index contributed by atoms with van der Waals surface area (Å²) in [5.41, 5.74) is 0.408. The van der Waals surface area contributed by atoms with E-state index in [-0.39, 0.29) is 10.8 Å². The number of halogens is 2. The van der Waals surface area contributed by atoms with Gasteiger partial charge in [-0.1, -0.05) is 13.8 Å². The lowest BCUT2D eigenvalue weighted by Gasteiger charge is -2.69. The van der Waals surface area contributed by atoms with Crippen LogP contribution in [0, 0.1) is 34.5 Å². The fourth-order valence-electron chi connectivity index (χ4n) is 9.66. The first kappa shape index (κ1) is 28.0. The van der Waals surface area contributed by atoms with E-state index in [1.54, 1.807) is 0 Å². The summed E-state index contributed by atoms with van der Waals surface area (Å²) in [5, 5.41) is 0. The van der Waals surface area contributed by atoms with Crippen LogP contribution < -0.4 is 0 Å². The zero-order chi connectivity index (χ0) is 25.2. The summed E-state index contributed by atoms with van der Waals surface area (Å²) in [4.78, 5) is 0. The maximum absolute atomic E-state index is 7.41. The Kier molecular flexibility index (Phi) is 9.30. The summed E-state index contributed by atoms with van der Waals surface area (Å²) in [7, 11) is 0. The van der Waals surface area contributed by atoms with E-state index < -0.39 is 4.33 Å². The molecule has 0 amide bonds. The fraction of sp³-hybridized carbons (Fsp3) is 1.00. The Bertz CT molecular complexity index is 620. The lowest BCUT2D eigenvalue weighted by molar-refractivity contribution is -0.123. The third kappa shape index (κ3) is 5.42. The molecule has 0 aromatic heterocycles. The first-order valence-corrected chi connectivity index (χ1v) is 16.8. The van der Waals surface area contributed by atoms with Crippen LogP contribution in [0.15, 0.2) is 0 Å². The number of hydrogen-bond acceptors (Lipinski definition) is 2. The smallest absolute Gasteiger partial charge is 0.129 e. The average Bonchev–Trinajstić information content (AvgIpc) is 2.92. The number of alkyl halides is 2. The van der Waals surface area contributed by atoms with Crippen LogP contribution in [-0.2, 0) is 9.47 Å². The molecule has 0 saturated heterocycles. The minimum absolute atomic E-state index is 0.204. The van der Waals surface area contributed by atoms with E-state index >= 15 is 0 Å². The molecular weight excluding hydrogens is 487 g/mol. The molecule has 5 fully saturated rings. The normalized spacial score (nSPS) is 45.0. The maximum Gasteiger partial charge on any atom is 0.129 e. The van der Waals surface area contributed by atoms with Crippen molar-refractivity contribution < 1.29 is 9.47 Å². The second-order valence-corrected chi connectivity index (χ2v) is 15.1. The standard InChI is InChI=1S/C32H54Cl2O2/c1-3-21-35-28-9-5-24(6-10-28)26-13-17-30(18-14-26)23-31(32(30,33)34)19-15-27(16-20-31)25-7-11-29(12-8-25)36-22-4-2/h24-29H,3-23H2,1-2H3/t24-,25-,26?,27?,28-,29-,30?,31?. The molecule has 2 nitrogen and oxygen atoms in total. The molecule has 0 unspecified atom stereocenters. The van der Waals surface area contributed by atoms with E-state index in [1.807, 2.05) is 0 Å². The van der Waals surface area contributed by atoms with Gasteiger partial charge in [0.15, 0.2) is 0 Å². The second-order valence-electron chi connectivity index (χ2n) is 13.8. The minimum Gasteiger partial charge on any atom is -0.378 e. The van der Waals surface area contributed by atoms with Crippen LogP contribution in [0.1, 0.15) is 136 Å². The van der Waals surface area contributed by atoms with E-state index in [1.165, 1.54) is 109 Å². The quantitative estimate of drug-likeness (QED) is 0.285. The molecular formula is C32H54Cl2O2. The monoisotopic (exact) mass is 540 g/mol. The van der Waals surface area contributed by atoms with Crippen molar-refractivity contribution >= 4 is 23.2 Å². The van der Waals surface area contributed by atoms with Crippen LogP contribution in [-0.4, -0.2) is 29.8 Å². The highest BCUT2D eigenvalue weighted by atomic mass is 35.5. The molecule has 5 rings (SSSR count). The summed E-state index contributed by atoms with van der Waals surface area (Å²) in [6.45, 7) is 6.30. The zero-order valence-corrected chi connectivity index (χ0v) is 24.9. The van der Waals surface area contributed by atoms with Crippen LogP contribution in [0.25, 0.3) is 0 Å². The first-order valence-electron chi connectivity index (χ1n) is 16.0. The van der Waals surface area contributed by atoms with Gasteiger partial charge in [-0.2, -0.15) is 0 Å². The van der Waals surface area contributed by atoms with Gasteiger partial charge in [0.05, 0.1) is 12.2 Å². The third-order valence-corrected chi connectivity index (χ3v) is 13.5. The Hall–Kier alpha value is 0.500. The van der Waals surface area contributed by atoms with Crippen molar-refractivity contribution in [3.8, 4) is 0 Å². The summed E-state index contributed by atoms with van der Waals surface area (Å²) in [6, 6.07) is 0. The number of hydrogen-bond donors (Lipinski definition) is 0. The Balaban J connectivity index is 1.07. The topological polar surface area (TPSA) is 18.5 Å². The minimum atomic E-state index is -0.493. The largest absolute Gasteiger partial charge is 0.378 e. The van der Waals surface area contributed by atoms with Gasteiger partial charge >= 0.3 is 0 Å². The molecule has 5 saturated carbocycles. The van der Waals surface area contributed by atoms with Crippen molar-refractivity contribution in [3.05, 3.63) is 0 Å². The highest BCUT2D eigenvalue weighted by Crippen LogP contribution is 2.77. The fourth-order valence-corrected chi connectivity index (χ4v) is 10.7. The van der Waals surface area contributed by atoms with Crippen molar-refractivity contribution in [2.24, 2.45) is 34.5 Å². The molecule has 0 atom stereocenters. The molecule has 0 radical (unpaired) electrons.